The van der Waals surface area contributed by atoms with Gasteiger partial charge in [0.15, 0.2) is 0 Å². The van der Waals surface area contributed by atoms with Gasteiger partial charge >= 0.3 is 5.97 Å². The average molecular weight is 556 g/mol. The van der Waals surface area contributed by atoms with Crippen LogP contribution in [0, 0.1) is 18.8 Å². The molecule has 3 unspecified atom stereocenters. The van der Waals surface area contributed by atoms with E-state index in [1.807, 2.05) is 19.9 Å². The lowest BCUT2D eigenvalue weighted by molar-refractivity contribution is -0.150. The lowest BCUT2D eigenvalue weighted by atomic mass is 9.70. The van der Waals surface area contributed by atoms with Crippen LogP contribution in [0.3, 0.4) is 0 Å². The van der Waals surface area contributed by atoms with E-state index >= 15 is 0 Å². The molecule has 7 atom stereocenters. The first-order valence-electron chi connectivity index (χ1n) is 11.3. The first kappa shape index (κ1) is 25.2. The molecule has 10 heteroatoms. The number of carboxylic acid groups (broad SMARTS) is 1. The number of carboxylic acids is 1. The van der Waals surface area contributed by atoms with E-state index in [0.29, 0.717) is 23.6 Å². The Labute approximate surface area is 211 Å². The van der Waals surface area contributed by atoms with Crippen molar-refractivity contribution in [3.8, 4) is 0 Å². The standard InChI is InChI=1S/C24H28BrClN2O6/c1-4-9-27(18-12(3)7-6-8-15(18)26)22(31)20-24-10-14(25)19(34-24)16(23(32)33)17(24)21(30)28(20)13(5-2)11-29/h4,6-8,13-14,16-17,19-20,29H,1,5,9-11H2,2-3H3,(H,32,33)/t13-,14?,16-,17-,19-,20?,24?/m0/s1. The van der Waals surface area contributed by atoms with Gasteiger partial charge < -0.3 is 24.7 Å². The first-order valence-corrected chi connectivity index (χ1v) is 12.6. The molecule has 4 rings (SSSR count). The SMILES string of the molecule is C=CCN(C(=O)C1N([C@@H](CC)CO)C(=O)[C@@H]2[C@H](C(=O)O)[C@H]3OC12CC3Br)c1c(C)cccc1Cl. The molecule has 0 radical (unpaired) electrons. The van der Waals surface area contributed by atoms with Crippen LogP contribution in [0.4, 0.5) is 5.69 Å². The van der Waals surface area contributed by atoms with Gasteiger partial charge in [-0.1, -0.05) is 52.7 Å². The number of amides is 2. The van der Waals surface area contributed by atoms with Gasteiger partial charge in [0.1, 0.15) is 11.6 Å². The number of rotatable bonds is 8. The van der Waals surface area contributed by atoms with E-state index in [4.69, 9.17) is 16.3 Å². The molecule has 2 amide bonds. The van der Waals surface area contributed by atoms with Crippen molar-refractivity contribution in [1.82, 2.24) is 4.90 Å². The second-order valence-electron chi connectivity index (χ2n) is 9.13. The zero-order valence-corrected chi connectivity index (χ0v) is 21.3. The number of ether oxygens (including phenoxy) is 1. The zero-order chi connectivity index (χ0) is 24.9. The molecule has 1 aromatic rings. The molecule has 34 heavy (non-hydrogen) atoms. The number of carbonyl (C=O) groups is 3. The van der Waals surface area contributed by atoms with Crippen molar-refractivity contribution < 1.29 is 29.3 Å². The molecule has 0 aromatic heterocycles. The number of aliphatic hydroxyl groups is 1. The number of para-hydroxylation sites is 1. The van der Waals surface area contributed by atoms with E-state index in [1.54, 1.807) is 18.2 Å². The van der Waals surface area contributed by atoms with E-state index < -0.39 is 53.4 Å². The minimum Gasteiger partial charge on any atom is -0.481 e. The Morgan fingerprint density at radius 2 is 2.18 bits per heavy atom. The number of benzene rings is 1. The lowest BCUT2D eigenvalue weighted by Gasteiger charge is -2.39. The summed E-state index contributed by atoms with van der Waals surface area (Å²) in [5.41, 5.74) is -0.0657. The third-order valence-electron chi connectivity index (χ3n) is 7.36. The molecule has 184 valence electrons. The maximum Gasteiger partial charge on any atom is 0.310 e. The van der Waals surface area contributed by atoms with Gasteiger partial charge in [0.2, 0.25) is 5.91 Å². The summed E-state index contributed by atoms with van der Waals surface area (Å²) >= 11 is 10.0. The minimum atomic E-state index is -1.33. The number of aliphatic carboxylic acids is 1. The summed E-state index contributed by atoms with van der Waals surface area (Å²) in [6, 6.07) is 3.52. The summed E-state index contributed by atoms with van der Waals surface area (Å²) in [7, 11) is 0. The minimum absolute atomic E-state index is 0.127. The summed E-state index contributed by atoms with van der Waals surface area (Å²) in [5, 5.41) is 20.4. The topological polar surface area (TPSA) is 107 Å². The molecular weight excluding hydrogens is 528 g/mol. The summed E-state index contributed by atoms with van der Waals surface area (Å²) in [5.74, 6) is -4.15. The van der Waals surface area contributed by atoms with E-state index in [1.165, 1.54) is 9.80 Å². The van der Waals surface area contributed by atoms with Crippen molar-refractivity contribution in [3.05, 3.63) is 41.4 Å². The maximum atomic E-state index is 14.3. The monoisotopic (exact) mass is 554 g/mol. The van der Waals surface area contributed by atoms with Crippen LogP contribution in [-0.4, -0.2) is 74.7 Å². The number of aliphatic hydroxyl groups excluding tert-OH is 1. The van der Waals surface area contributed by atoms with E-state index in [-0.39, 0.29) is 18.0 Å². The van der Waals surface area contributed by atoms with Crippen LogP contribution in [-0.2, 0) is 19.1 Å². The number of anilines is 1. The fourth-order valence-corrected chi connectivity index (χ4v) is 7.24. The molecule has 0 saturated carbocycles. The first-order chi connectivity index (χ1) is 16.1. The maximum absolute atomic E-state index is 14.3. The zero-order valence-electron chi connectivity index (χ0n) is 19.0. The Morgan fingerprint density at radius 1 is 1.47 bits per heavy atom. The fraction of sp³-hybridized carbons (Fsp3) is 0.542. The summed E-state index contributed by atoms with van der Waals surface area (Å²) in [6.45, 7) is 7.19. The molecule has 0 aliphatic carbocycles. The van der Waals surface area contributed by atoms with Crippen molar-refractivity contribution in [3.63, 3.8) is 0 Å². The van der Waals surface area contributed by atoms with Gasteiger partial charge in [0.25, 0.3) is 5.91 Å². The predicted octanol–water partition coefficient (Wildman–Crippen LogP) is 2.77. The van der Waals surface area contributed by atoms with Crippen LogP contribution >= 0.6 is 27.5 Å². The van der Waals surface area contributed by atoms with Gasteiger partial charge in [0.05, 0.1) is 41.3 Å². The van der Waals surface area contributed by atoms with E-state index in [2.05, 4.69) is 22.5 Å². The Morgan fingerprint density at radius 3 is 2.74 bits per heavy atom. The van der Waals surface area contributed by atoms with Gasteiger partial charge in [-0.25, -0.2) is 0 Å². The van der Waals surface area contributed by atoms with E-state index in [0.717, 1.165) is 5.56 Å². The highest BCUT2D eigenvalue weighted by molar-refractivity contribution is 9.09. The average Bonchev–Trinajstić information content (AvgIpc) is 3.37. The quantitative estimate of drug-likeness (QED) is 0.377. The van der Waals surface area contributed by atoms with Gasteiger partial charge in [0, 0.05) is 11.4 Å². The number of likely N-dealkylation sites (tertiary alicyclic amines) is 1. The molecular formula is C24H28BrClN2O6. The second-order valence-corrected chi connectivity index (χ2v) is 10.7. The Bertz CT molecular complexity index is 1010. The third-order valence-corrected chi connectivity index (χ3v) is 8.51. The Kier molecular flexibility index (Phi) is 6.85. The third kappa shape index (κ3) is 3.51. The van der Waals surface area contributed by atoms with Crippen LogP contribution in [0.25, 0.3) is 0 Å². The largest absolute Gasteiger partial charge is 0.481 e. The normalized spacial score (nSPS) is 32.6. The molecule has 3 aliphatic rings. The number of aryl methyl sites for hydroxylation is 1. The Hall–Kier alpha value is -1.94. The molecule has 8 nitrogen and oxygen atoms in total. The number of nitrogens with zero attached hydrogens (tertiary/aromatic N) is 2. The molecule has 3 aliphatic heterocycles. The van der Waals surface area contributed by atoms with Gasteiger partial charge in [-0.2, -0.15) is 0 Å². The molecule has 3 heterocycles. The van der Waals surface area contributed by atoms with Crippen LogP contribution in [0.2, 0.25) is 5.02 Å². The van der Waals surface area contributed by atoms with Gasteiger partial charge in [-0.15, -0.1) is 6.58 Å². The van der Waals surface area contributed by atoms with Crippen LogP contribution < -0.4 is 4.90 Å². The molecule has 1 aromatic carbocycles. The summed E-state index contributed by atoms with van der Waals surface area (Å²) < 4.78 is 6.29. The highest BCUT2D eigenvalue weighted by Crippen LogP contribution is 2.60. The second kappa shape index (κ2) is 9.26. The van der Waals surface area contributed by atoms with Crippen molar-refractivity contribution in [2.45, 2.75) is 55.3 Å². The molecule has 3 fully saturated rings. The van der Waals surface area contributed by atoms with Gasteiger partial charge in [-0.3, -0.25) is 14.4 Å². The fourth-order valence-electron chi connectivity index (χ4n) is 5.97. The summed E-state index contributed by atoms with van der Waals surface area (Å²) in [4.78, 5) is 42.8. The predicted molar refractivity (Wildman–Crippen MR) is 130 cm³/mol. The van der Waals surface area contributed by atoms with E-state index in [9.17, 15) is 24.6 Å². The van der Waals surface area contributed by atoms with Crippen LogP contribution in [0.5, 0.6) is 0 Å². The highest BCUT2D eigenvalue weighted by atomic mass is 79.9. The summed E-state index contributed by atoms with van der Waals surface area (Å²) in [6.07, 6.45) is 1.53. The van der Waals surface area contributed by atoms with Crippen molar-refractivity contribution in [2.24, 2.45) is 11.8 Å². The number of carbonyl (C=O) groups excluding carboxylic acids is 2. The molecule has 1 spiro atoms. The van der Waals surface area contributed by atoms with Crippen LogP contribution in [0.1, 0.15) is 25.3 Å². The number of halogens is 2. The smallest absolute Gasteiger partial charge is 0.310 e. The number of hydrogen-bond donors (Lipinski definition) is 2. The van der Waals surface area contributed by atoms with Crippen molar-refractivity contribution in [2.75, 3.05) is 18.1 Å². The van der Waals surface area contributed by atoms with Crippen LogP contribution in [0.15, 0.2) is 30.9 Å². The molecule has 2 N–H and O–H groups in total. The molecule has 2 bridgehead atoms. The van der Waals surface area contributed by atoms with Crippen molar-refractivity contribution in [1.29, 1.82) is 0 Å². The van der Waals surface area contributed by atoms with Crippen molar-refractivity contribution >= 4 is 51.0 Å². The number of hydrogen-bond acceptors (Lipinski definition) is 5. The lowest BCUT2D eigenvalue weighted by Crippen LogP contribution is -2.59. The number of fused-ring (bicyclic) bond motifs is 1. The Balaban J connectivity index is 1.89. The highest BCUT2D eigenvalue weighted by Gasteiger charge is 2.77. The number of alkyl halides is 1. The van der Waals surface area contributed by atoms with Gasteiger partial charge in [-0.05, 0) is 31.4 Å². The molecule has 3 saturated heterocycles.